The molecule has 0 aliphatic heterocycles. The standard InChI is InChI=1S/C8H15NO6S/c10-3-8(4-11,5-12)9-6(13)1-16-2-7(14)15/h10-12H,1-5H2,(H,9,13)(H,14,15). The Bertz CT molecular complexity index is 234. The fourth-order valence-corrected chi connectivity index (χ4v) is 1.37. The molecular weight excluding hydrogens is 238 g/mol. The summed E-state index contributed by atoms with van der Waals surface area (Å²) >= 11 is 0.885. The zero-order valence-corrected chi connectivity index (χ0v) is 9.37. The number of amides is 1. The molecule has 0 aliphatic carbocycles. The summed E-state index contributed by atoms with van der Waals surface area (Å²) in [6, 6.07) is 0. The van der Waals surface area contributed by atoms with E-state index in [0.717, 1.165) is 11.8 Å². The molecule has 0 spiro atoms. The highest BCUT2D eigenvalue weighted by Gasteiger charge is 2.29. The lowest BCUT2D eigenvalue weighted by molar-refractivity contribution is -0.133. The van der Waals surface area contributed by atoms with Crippen LogP contribution >= 0.6 is 11.8 Å². The van der Waals surface area contributed by atoms with E-state index < -0.39 is 37.2 Å². The first-order valence-corrected chi connectivity index (χ1v) is 5.58. The van der Waals surface area contributed by atoms with E-state index in [9.17, 15) is 9.59 Å². The molecule has 94 valence electrons. The van der Waals surface area contributed by atoms with Crippen LogP contribution in [0.3, 0.4) is 0 Å². The first-order valence-electron chi connectivity index (χ1n) is 4.43. The maximum absolute atomic E-state index is 11.3. The first kappa shape index (κ1) is 15.2. The van der Waals surface area contributed by atoms with Crippen molar-refractivity contribution in [2.45, 2.75) is 5.54 Å². The molecule has 0 atom stereocenters. The summed E-state index contributed by atoms with van der Waals surface area (Å²) in [7, 11) is 0. The van der Waals surface area contributed by atoms with Gasteiger partial charge in [-0.3, -0.25) is 9.59 Å². The quantitative estimate of drug-likeness (QED) is 0.327. The van der Waals surface area contributed by atoms with Gasteiger partial charge in [0.25, 0.3) is 0 Å². The van der Waals surface area contributed by atoms with Gasteiger partial charge in [-0.25, -0.2) is 0 Å². The Morgan fingerprint density at radius 2 is 1.56 bits per heavy atom. The summed E-state index contributed by atoms with van der Waals surface area (Å²) in [5.41, 5.74) is -1.46. The van der Waals surface area contributed by atoms with E-state index in [1.807, 2.05) is 0 Å². The van der Waals surface area contributed by atoms with Crippen molar-refractivity contribution >= 4 is 23.6 Å². The van der Waals surface area contributed by atoms with Crippen LogP contribution in [0, 0.1) is 0 Å². The molecule has 0 heterocycles. The van der Waals surface area contributed by atoms with Crippen molar-refractivity contribution < 1.29 is 30.0 Å². The number of carbonyl (C=O) groups excluding carboxylic acids is 1. The number of rotatable bonds is 8. The number of aliphatic hydroxyl groups excluding tert-OH is 3. The van der Waals surface area contributed by atoms with Gasteiger partial charge in [0.1, 0.15) is 5.54 Å². The SMILES string of the molecule is O=C(O)CSCC(=O)NC(CO)(CO)CO. The van der Waals surface area contributed by atoms with Gasteiger partial charge < -0.3 is 25.7 Å². The average Bonchev–Trinajstić information content (AvgIpc) is 2.25. The van der Waals surface area contributed by atoms with E-state index in [4.69, 9.17) is 20.4 Å². The van der Waals surface area contributed by atoms with Crippen LogP contribution < -0.4 is 5.32 Å². The Hall–Kier alpha value is -0.830. The highest BCUT2D eigenvalue weighted by Crippen LogP contribution is 2.04. The molecule has 0 aromatic rings. The van der Waals surface area contributed by atoms with Gasteiger partial charge in [0.2, 0.25) is 5.91 Å². The molecule has 8 heteroatoms. The molecule has 0 radical (unpaired) electrons. The lowest BCUT2D eigenvalue weighted by Gasteiger charge is -2.28. The minimum Gasteiger partial charge on any atom is -0.481 e. The molecule has 0 aromatic heterocycles. The summed E-state index contributed by atoms with van der Waals surface area (Å²) in [5, 5.41) is 37.3. The molecule has 7 nitrogen and oxygen atoms in total. The summed E-state index contributed by atoms with van der Waals surface area (Å²) in [4.78, 5) is 21.4. The number of carboxylic acids is 1. The average molecular weight is 253 g/mol. The van der Waals surface area contributed by atoms with Crippen molar-refractivity contribution in [1.82, 2.24) is 5.32 Å². The minimum atomic E-state index is -1.46. The van der Waals surface area contributed by atoms with Crippen LogP contribution in [-0.2, 0) is 9.59 Å². The number of nitrogens with one attached hydrogen (secondary N) is 1. The zero-order valence-electron chi connectivity index (χ0n) is 8.55. The maximum Gasteiger partial charge on any atom is 0.313 e. The normalized spacial score (nSPS) is 11.2. The Morgan fingerprint density at radius 3 is 1.94 bits per heavy atom. The second-order valence-electron chi connectivity index (χ2n) is 3.19. The molecule has 0 saturated carbocycles. The van der Waals surface area contributed by atoms with E-state index in [1.165, 1.54) is 0 Å². The van der Waals surface area contributed by atoms with Crippen LogP contribution in [0.25, 0.3) is 0 Å². The number of aliphatic hydroxyl groups is 3. The Morgan fingerprint density at radius 1 is 1.06 bits per heavy atom. The smallest absolute Gasteiger partial charge is 0.313 e. The van der Waals surface area contributed by atoms with Gasteiger partial charge in [-0.15, -0.1) is 11.8 Å². The molecule has 16 heavy (non-hydrogen) atoms. The van der Waals surface area contributed by atoms with Gasteiger partial charge in [-0.05, 0) is 0 Å². The van der Waals surface area contributed by atoms with E-state index in [2.05, 4.69) is 5.32 Å². The van der Waals surface area contributed by atoms with E-state index >= 15 is 0 Å². The third kappa shape index (κ3) is 5.31. The largest absolute Gasteiger partial charge is 0.481 e. The van der Waals surface area contributed by atoms with Crippen molar-refractivity contribution in [2.24, 2.45) is 0 Å². The lowest BCUT2D eigenvalue weighted by atomic mass is 10.0. The van der Waals surface area contributed by atoms with E-state index in [0.29, 0.717) is 0 Å². The zero-order chi connectivity index (χ0) is 12.6. The Balaban J connectivity index is 4.05. The molecule has 5 N–H and O–H groups in total. The minimum absolute atomic E-state index is 0.117. The third-order valence-electron chi connectivity index (χ3n) is 1.77. The predicted molar refractivity (Wildman–Crippen MR) is 57.1 cm³/mol. The number of carboxylic acid groups (broad SMARTS) is 1. The van der Waals surface area contributed by atoms with Crippen LogP contribution in [0.1, 0.15) is 0 Å². The second-order valence-corrected chi connectivity index (χ2v) is 4.17. The molecule has 1 amide bonds. The fraction of sp³-hybridized carbons (Fsp3) is 0.750. The molecule has 0 saturated heterocycles. The van der Waals surface area contributed by atoms with Gasteiger partial charge in [-0.2, -0.15) is 0 Å². The molecule has 0 aliphatic rings. The van der Waals surface area contributed by atoms with Gasteiger partial charge in [-0.1, -0.05) is 0 Å². The molecule has 0 aromatic carbocycles. The van der Waals surface area contributed by atoms with Crippen molar-refractivity contribution in [2.75, 3.05) is 31.3 Å². The number of hydrogen-bond acceptors (Lipinski definition) is 6. The van der Waals surface area contributed by atoms with E-state index in [-0.39, 0.29) is 11.5 Å². The molecule has 0 rings (SSSR count). The van der Waals surface area contributed by atoms with Crippen LogP contribution in [0.2, 0.25) is 0 Å². The topological polar surface area (TPSA) is 127 Å². The number of carbonyl (C=O) groups is 2. The number of thioether (sulfide) groups is 1. The van der Waals surface area contributed by atoms with Crippen LogP contribution in [-0.4, -0.2) is 69.2 Å². The van der Waals surface area contributed by atoms with Crippen LogP contribution in [0.15, 0.2) is 0 Å². The molecule has 0 unspecified atom stereocenters. The third-order valence-corrected chi connectivity index (χ3v) is 2.69. The van der Waals surface area contributed by atoms with Gasteiger partial charge >= 0.3 is 5.97 Å². The van der Waals surface area contributed by atoms with Gasteiger partial charge in [0.15, 0.2) is 0 Å². The van der Waals surface area contributed by atoms with Crippen molar-refractivity contribution in [3.63, 3.8) is 0 Å². The summed E-state index contributed by atoms with van der Waals surface area (Å²) < 4.78 is 0. The van der Waals surface area contributed by atoms with Crippen LogP contribution in [0.5, 0.6) is 0 Å². The molecule has 0 bridgehead atoms. The van der Waals surface area contributed by atoms with Gasteiger partial charge in [0.05, 0.1) is 31.3 Å². The summed E-state index contributed by atoms with van der Waals surface area (Å²) in [6.07, 6.45) is 0. The summed E-state index contributed by atoms with van der Waals surface area (Å²) in [6.45, 7) is -1.81. The van der Waals surface area contributed by atoms with Crippen LogP contribution in [0.4, 0.5) is 0 Å². The van der Waals surface area contributed by atoms with E-state index in [1.54, 1.807) is 0 Å². The lowest BCUT2D eigenvalue weighted by Crippen LogP contribution is -2.57. The Labute approximate surface area is 96.5 Å². The van der Waals surface area contributed by atoms with Crippen molar-refractivity contribution in [3.05, 3.63) is 0 Å². The number of hydrogen-bond donors (Lipinski definition) is 5. The first-order chi connectivity index (χ1) is 7.49. The van der Waals surface area contributed by atoms with Crippen molar-refractivity contribution in [1.29, 1.82) is 0 Å². The van der Waals surface area contributed by atoms with Gasteiger partial charge in [0, 0.05) is 0 Å². The Kier molecular flexibility index (Phi) is 7.06. The summed E-state index contributed by atoms with van der Waals surface area (Å²) in [5.74, 6) is -1.91. The molecular formula is C8H15NO6S. The number of aliphatic carboxylic acids is 1. The fourth-order valence-electron chi connectivity index (χ4n) is 0.831. The van der Waals surface area contributed by atoms with Crippen molar-refractivity contribution in [3.8, 4) is 0 Å². The maximum atomic E-state index is 11.3. The predicted octanol–water partition coefficient (Wildman–Crippen LogP) is -2.36. The second kappa shape index (κ2) is 7.44. The molecule has 0 fully saturated rings. The highest BCUT2D eigenvalue weighted by molar-refractivity contribution is 8.00. The highest BCUT2D eigenvalue weighted by atomic mass is 32.2. The monoisotopic (exact) mass is 253 g/mol.